The number of nitrogens with one attached hydrogen (secondary N) is 2. The van der Waals surface area contributed by atoms with Crippen molar-refractivity contribution in [3.63, 3.8) is 0 Å². The summed E-state index contributed by atoms with van der Waals surface area (Å²) in [6.07, 6.45) is 5.37. The summed E-state index contributed by atoms with van der Waals surface area (Å²) in [7, 11) is 0. The minimum atomic E-state index is -0.270. The third-order valence-corrected chi connectivity index (χ3v) is 6.47. The Morgan fingerprint density at radius 2 is 2.03 bits per heavy atom. The maximum atomic E-state index is 12.6. The number of benzene rings is 1. The molecule has 29 heavy (non-hydrogen) atoms. The van der Waals surface area contributed by atoms with Crippen LogP contribution < -0.4 is 20.1 Å². The van der Waals surface area contributed by atoms with Crippen molar-refractivity contribution >= 4 is 39.6 Å². The van der Waals surface area contributed by atoms with E-state index >= 15 is 0 Å². The highest BCUT2D eigenvalue weighted by Crippen LogP contribution is 2.38. The molecular weight excluding hydrogens is 408 g/mol. The van der Waals surface area contributed by atoms with E-state index in [2.05, 4.69) is 10.6 Å². The lowest BCUT2D eigenvalue weighted by molar-refractivity contribution is 0.0527. The number of carbonyl (C=O) groups is 1. The molecule has 0 saturated carbocycles. The fourth-order valence-corrected chi connectivity index (χ4v) is 5.15. The molecule has 6 nitrogen and oxygen atoms in total. The average molecular weight is 433 g/mol. The van der Waals surface area contributed by atoms with Gasteiger partial charge in [0.15, 0.2) is 16.6 Å². The van der Waals surface area contributed by atoms with Crippen LogP contribution in [0.15, 0.2) is 18.2 Å². The molecule has 1 aliphatic carbocycles. The van der Waals surface area contributed by atoms with Gasteiger partial charge in [-0.05, 0) is 68.1 Å². The second-order valence-electron chi connectivity index (χ2n) is 6.98. The summed E-state index contributed by atoms with van der Waals surface area (Å²) in [6, 6.07) is 5.81. The van der Waals surface area contributed by atoms with Crippen LogP contribution in [0.2, 0.25) is 0 Å². The summed E-state index contributed by atoms with van der Waals surface area (Å²) < 4.78 is 16.1. The molecule has 4 rings (SSSR count). The number of esters is 1. The molecule has 0 spiro atoms. The minimum absolute atomic E-state index is 0.256. The van der Waals surface area contributed by atoms with Gasteiger partial charge in [0.05, 0.1) is 12.2 Å². The lowest BCUT2D eigenvalue weighted by atomic mass is 10.1. The van der Waals surface area contributed by atoms with Gasteiger partial charge in [-0.15, -0.1) is 11.3 Å². The molecule has 8 heteroatoms. The van der Waals surface area contributed by atoms with Crippen LogP contribution in [-0.2, 0) is 24.1 Å². The minimum Gasteiger partial charge on any atom is -0.462 e. The van der Waals surface area contributed by atoms with E-state index in [0.29, 0.717) is 23.8 Å². The standard InChI is InChI=1S/C21H24N2O4S2/c1-2-25-20(24)18-14-6-4-3-5-7-17(14)29-19(18)23-21(28)22-11-13-8-9-15-16(10-13)27-12-26-15/h8-10H,2-7,11-12H2,1H3,(H2,22,23,28). The quantitative estimate of drug-likeness (QED) is 0.412. The van der Waals surface area contributed by atoms with Crippen LogP contribution in [0, 0.1) is 0 Å². The van der Waals surface area contributed by atoms with Crippen molar-refractivity contribution in [3.05, 3.63) is 39.8 Å². The van der Waals surface area contributed by atoms with E-state index in [-0.39, 0.29) is 12.8 Å². The lowest BCUT2D eigenvalue weighted by Crippen LogP contribution is -2.28. The van der Waals surface area contributed by atoms with Gasteiger partial charge in [-0.25, -0.2) is 4.79 Å². The van der Waals surface area contributed by atoms with Gasteiger partial charge in [0, 0.05) is 11.4 Å². The van der Waals surface area contributed by atoms with Crippen LogP contribution in [0.4, 0.5) is 5.00 Å². The highest BCUT2D eigenvalue weighted by atomic mass is 32.1. The first-order valence-corrected chi connectivity index (χ1v) is 11.1. The van der Waals surface area contributed by atoms with Crippen LogP contribution in [0.25, 0.3) is 0 Å². The van der Waals surface area contributed by atoms with Gasteiger partial charge in [-0.2, -0.15) is 0 Å². The summed E-state index contributed by atoms with van der Waals surface area (Å²) in [6.45, 7) is 2.98. The zero-order valence-corrected chi connectivity index (χ0v) is 18.0. The van der Waals surface area contributed by atoms with Gasteiger partial charge < -0.3 is 24.8 Å². The number of hydrogen-bond donors (Lipinski definition) is 2. The molecule has 0 atom stereocenters. The molecule has 1 aliphatic heterocycles. The van der Waals surface area contributed by atoms with Crippen molar-refractivity contribution in [2.45, 2.75) is 45.6 Å². The Bertz CT molecular complexity index is 926. The van der Waals surface area contributed by atoms with Gasteiger partial charge >= 0.3 is 5.97 Å². The normalized spacial score (nSPS) is 14.7. The summed E-state index contributed by atoms with van der Waals surface area (Å²) >= 11 is 7.11. The molecule has 2 heterocycles. The van der Waals surface area contributed by atoms with E-state index < -0.39 is 0 Å². The number of thiocarbonyl (C=S) groups is 1. The third-order valence-electron chi connectivity index (χ3n) is 5.02. The molecular formula is C21H24N2O4S2. The topological polar surface area (TPSA) is 68.8 Å². The van der Waals surface area contributed by atoms with E-state index in [1.807, 2.05) is 25.1 Å². The SMILES string of the molecule is CCOC(=O)c1c(NC(=S)NCc2ccc3c(c2)OCO3)sc2c1CCCCC2. The lowest BCUT2D eigenvalue weighted by Gasteiger charge is -2.12. The van der Waals surface area contributed by atoms with E-state index in [9.17, 15) is 4.79 Å². The van der Waals surface area contributed by atoms with Crippen LogP contribution in [0.3, 0.4) is 0 Å². The highest BCUT2D eigenvalue weighted by molar-refractivity contribution is 7.80. The Balaban J connectivity index is 1.46. The number of hydrogen-bond acceptors (Lipinski definition) is 6. The predicted octanol–water partition coefficient (Wildman–Crippen LogP) is 4.41. The number of thiophene rings is 1. The molecule has 0 saturated heterocycles. The van der Waals surface area contributed by atoms with Crippen LogP contribution in [-0.4, -0.2) is 24.5 Å². The molecule has 1 aromatic heterocycles. The van der Waals surface area contributed by atoms with E-state index in [1.54, 1.807) is 11.3 Å². The Labute approximate surface area is 179 Å². The van der Waals surface area contributed by atoms with Gasteiger partial charge in [0.1, 0.15) is 5.00 Å². The van der Waals surface area contributed by atoms with E-state index in [0.717, 1.165) is 53.3 Å². The third kappa shape index (κ3) is 4.48. The van der Waals surface area contributed by atoms with Crippen molar-refractivity contribution in [1.29, 1.82) is 0 Å². The van der Waals surface area contributed by atoms with Crippen molar-refractivity contribution in [2.24, 2.45) is 0 Å². The zero-order chi connectivity index (χ0) is 20.2. The number of fused-ring (bicyclic) bond motifs is 2. The van der Waals surface area contributed by atoms with Gasteiger partial charge in [0.2, 0.25) is 6.79 Å². The molecule has 154 valence electrons. The monoisotopic (exact) mass is 432 g/mol. The molecule has 2 aliphatic rings. The fourth-order valence-electron chi connectivity index (χ4n) is 3.63. The Morgan fingerprint density at radius 3 is 2.90 bits per heavy atom. The van der Waals surface area contributed by atoms with Crippen molar-refractivity contribution < 1.29 is 19.0 Å². The van der Waals surface area contributed by atoms with E-state index in [4.69, 9.17) is 26.4 Å². The first kappa shape index (κ1) is 20.0. The maximum absolute atomic E-state index is 12.6. The highest BCUT2D eigenvalue weighted by Gasteiger charge is 2.26. The van der Waals surface area contributed by atoms with Crippen LogP contribution in [0.1, 0.15) is 52.5 Å². The maximum Gasteiger partial charge on any atom is 0.341 e. The second-order valence-corrected chi connectivity index (χ2v) is 8.50. The summed E-state index contributed by atoms with van der Waals surface area (Å²) in [5.74, 6) is 1.23. The average Bonchev–Trinajstić information content (AvgIpc) is 3.24. The molecule has 2 aromatic rings. The van der Waals surface area contributed by atoms with Crippen molar-refractivity contribution in [3.8, 4) is 11.5 Å². The Morgan fingerprint density at radius 1 is 1.21 bits per heavy atom. The predicted molar refractivity (Wildman–Crippen MR) is 117 cm³/mol. The van der Waals surface area contributed by atoms with E-state index in [1.165, 1.54) is 11.3 Å². The summed E-state index contributed by atoms with van der Waals surface area (Å²) in [5.41, 5.74) is 2.82. The van der Waals surface area contributed by atoms with Crippen molar-refractivity contribution in [2.75, 3.05) is 18.7 Å². The molecule has 0 bridgehead atoms. The second kappa shape index (κ2) is 9.00. The molecule has 0 amide bonds. The number of carbonyl (C=O) groups excluding carboxylic acids is 1. The molecule has 2 N–H and O–H groups in total. The summed E-state index contributed by atoms with van der Waals surface area (Å²) in [5, 5.41) is 7.69. The molecule has 1 aromatic carbocycles. The zero-order valence-electron chi connectivity index (χ0n) is 16.3. The number of aryl methyl sites for hydroxylation is 1. The fraction of sp³-hybridized carbons (Fsp3) is 0.429. The largest absolute Gasteiger partial charge is 0.462 e. The molecule has 0 unspecified atom stereocenters. The van der Waals surface area contributed by atoms with Crippen LogP contribution >= 0.6 is 23.6 Å². The molecule has 0 radical (unpaired) electrons. The Hall–Kier alpha value is -2.32. The molecule has 0 fully saturated rings. The Kier molecular flexibility index (Phi) is 6.20. The van der Waals surface area contributed by atoms with Crippen LogP contribution in [0.5, 0.6) is 11.5 Å². The van der Waals surface area contributed by atoms with Gasteiger partial charge in [-0.3, -0.25) is 0 Å². The van der Waals surface area contributed by atoms with Crippen molar-refractivity contribution in [1.82, 2.24) is 5.32 Å². The number of ether oxygens (including phenoxy) is 3. The number of rotatable bonds is 5. The summed E-state index contributed by atoms with van der Waals surface area (Å²) in [4.78, 5) is 13.9. The first-order chi connectivity index (χ1) is 14.2. The smallest absolute Gasteiger partial charge is 0.341 e. The number of anilines is 1. The van der Waals surface area contributed by atoms with Gasteiger partial charge in [0.25, 0.3) is 0 Å². The van der Waals surface area contributed by atoms with Gasteiger partial charge in [-0.1, -0.05) is 12.5 Å². The first-order valence-electron chi connectivity index (χ1n) is 9.90.